The minimum absolute atomic E-state index is 0.406. The van der Waals surface area contributed by atoms with Crippen LogP contribution in [0.2, 0.25) is 0 Å². The molecule has 0 aliphatic rings. The molecule has 5 rings (SSSR count). The lowest BCUT2D eigenvalue weighted by Crippen LogP contribution is -1.89. The van der Waals surface area contributed by atoms with Gasteiger partial charge >= 0.3 is 0 Å². The molecule has 3 heterocycles. The number of methoxy groups -OCH3 is 1. The summed E-state index contributed by atoms with van der Waals surface area (Å²) in [5.74, 6) is 1.34. The van der Waals surface area contributed by atoms with Crippen LogP contribution in [-0.4, -0.2) is 27.3 Å². The van der Waals surface area contributed by atoms with Crippen molar-refractivity contribution in [3.8, 4) is 5.75 Å². The van der Waals surface area contributed by atoms with Crippen molar-refractivity contribution in [1.82, 2.24) is 20.2 Å². The summed E-state index contributed by atoms with van der Waals surface area (Å²) in [6.45, 7) is 0. The summed E-state index contributed by atoms with van der Waals surface area (Å²) < 4.78 is 16.9. The highest BCUT2D eigenvalue weighted by Gasteiger charge is 2.17. The van der Waals surface area contributed by atoms with E-state index in [2.05, 4.69) is 20.2 Å². The third-order valence-electron chi connectivity index (χ3n) is 4.27. The van der Waals surface area contributed by atoms with E-state index in [-0.39, 0.29) is 0 Å². The zero-order valence-corrected chi connectivity index (χ0v) is 15.6. The third-order valence-corrected chi connectivity index (χ3v) is 5.10. The van der Waals surface area contributed by atoms with Crippen LogP contribution < -0.4 is 4.74 Å². The van der Waals surface area contributed by atoms with Crippen LogP contribution in [0.1, 0.15) is 11.5 Å². The van der Waals surface area contributed by atoms with Gasteiger partial charge in [0, 0.05) is 5.39 Å². The number of hydrogen-bond acceptors (Lipinski definition) is 8. The average molecular weight is 390 g/mol. The number of nitrogens with zero attached hydrogens (tertiary/aromatic N) is 4. The highest BCUT2D eigenvalue weighted by Crippen LogP contribution is 2.35. The minimum atomic E-state index is 0.406. The van der Waals surface area contributed by atoms with Gasteiger partial charge in [0.25, 0.3) is 5.22 Å². The molecule has 0 spiro atoms. The van der Waals surface area contributed by atoms with Crippen molar-refractivity contribution in [2.75, 3.05) is 7.11 Å². The molecule has 0 atom stereocenters. The highest BCUT2D eigenvalue weighted by atomic mass is 32.2. The molecule has 0 fully saturated rings. The lowest BCUT2D eigenvalue weighted by atomic mass is 10.1. The topological polar surface area (TPSA) is 87.1 Å². The maximum atomic E-state index is 5.93. The number of furan rings is 1. The van der Waals surface area contributed by atoms with E-state index in [9.17, 15) is 0 Å². The maximum Gasteiger partial charge on any atom is 0.283 e. The van der Waals surface area contributed by atoms with Gasteiger partial charge in [-0.3, -0.25) is 0 Å². The summed E-state index contributed by atoms with van der Waals surface area (Å²) in [5, 5.41) is 10.2. The molecule has 138 valence electrons. The van der Waals surface area contributed by atoms with Gasteiger partial charge in [0.2, 0.25) is 5.89 Å². The zero-order chi connectivity index (χ0) is 18.9. The first-order chi connectivity index (χ1) is 13.8. The molecule has 0 bridgehead atoms. The molecule has 7 nitrogen and oxygen atoms in total. The van der Waals surface area contributed by atoms with Crippen molar-refractivity contribution in [3.63, 3.8) is 0 Å². The molecule has 0 radical (unpaired) electrons. The monoisotopic (exact) mass is 390 g/mol. The summed E-state index contributed by atoms with van der Waals surface area (Å²) in [6, 6.07) is 15.5. The Morgan fingerprint density at radius 1 is 0.964 bits per heavy atom. The number of fused-ring (bicyclic) bond motifs is 3. The van der Waals surface area contributed by atoms with Gasteiger partial charge in [0.1, 0.15) is 23.2 Å². The van der Waals surface area contributed by atoms with Crippen LogP contribution in [0.15, 0.2) is 73.9 Å². The molecule has 28 heavy (non-hydrogen) atoms. The molecule has 0 saturated carbocycles. The molecule has 0 aliphatic carbocycles. The lowest BCUT2D eigenvalue weighted by molar-refractivity contribution is 0.413. The fourth-order valence-electron chi connectivity index (χ4n) is 2.93. The van der Waals surface area contributed by atoms with Gasteiger partial charge in [-0.05, 0) is 41.6 Å². The van der Waals surface area contributed by atoms with Crippen LogP contribution >= 0.6 is 11.8 Å². The molecule has 0 unspecified atom stereocenters. The van der Waals surface area contributed by atoms with Crippen molar-refractivity contribution in [2.24, 2.45) is 0 Å². The predicted octanol–water partition coefficient (Wildman–Crippen LogP) is 4.51. The number of para-hydroxylation sites is 1. The quantitative estimate of drug-likeness (QED) is 0.405. The lowest BCUT2D eigenvalue weighted by Gasteiger charge is -2.00. The zero-order valence-electron chi connectivity index (χ0n) is 14.8. The first-order valence-corrected chi connectivity index (χ1v) is 9.37. The van der Waals surface area contributed by atoms with Crippen molar-refractivity contribution in [1.29, 1.82) is 0 Å². The van der Waals surface area contributed by atoms with E-state index in [1.807, 2.05) is 48.5 Å². The molecular formula is C20H14N4O3S. The third kappa shape index (κ3) is 3.07. The molecule has 5 aromatic rings. The Labute approximate surface area is 163 Å². The highest BCUT2D eigenvalue weighted by molar-refractivity contribution is 7.99. The summed E-state index contributed by atoms with van der Waals surface area (Å²) >= 11 is 1.26. The number of rotatable bonds is 5. The van der Waals surface area contributed by atoms with Gasteiger partial charge in [-0.15, -0.1) is 10.2 Å². The van der Waals surface area contributed by atoms with Gasteiger partial charge in [0.05, 0.1) is 13.5 Å². The summed E-state index contributed by atoms with van der Waals surface area (Å²) in [5.41, 5.74) is 3.21. The number of benzene rings is 2. The number of aromatic nitrogens is 4. The van der Waals surface area contributed by atoms with E-state index < -0.39 is 0 Å². The standard InChI is InChI=1S/C20H14N4O3S/c1-25-13-8-6-12(7-9-13)10-16-23-24-20(27-16)28-19-18-17(21-11-22-19)14-4-2-3-5-15(14)26-18/h2-9,11H,10H2,1H3. The Morgan fingerprint density at radius 3 is 2.68 bits per heavy atom. The fourth-order valence-corrected chi connectivity index (χ4v) is 3.64. The first-order valence-electron chi connectivity index (χ1n) is 8.55. The summed E-state index contributed by atoms with van der Waals surface area (Å²) in [4.78, 5) is 8.68. The maximum absolute atomic E-state index is 5.93. The Bertz CT molecular complexity index is 1260. The van der Waals surface area contributed by atoms with Crippen LogP contribution in [0.25, 0.3) is 22.1 Å². The fraction of sp³-hybridized carbons (Fsp3) is 0.100. The minimum Gasteiger partial charge on any atom is -0.497 e. The largest absolute Gasteiger partial charge is 0.497 e. The van der Waals surface area contributed by atoms with E-state index in [0.29, 0.717) is 28.1 Å². The molecule has 0 saturated heterocycles. The van der Waals surface area contributed by atoms with Gasteiger partial charge in [-0.25, -0.2) is 9.97 Å². The number of ether oxygens (including phenoxy) is 1. The predicted molar refractivity (Wildman–Crippen MR) is 104 cm³/mol. The molecule has 0 aliphatic heterocycles. The van der Waals surface area contributed by atoms with E-state index in [4.69, 9.17) is 13.6 Å². The Morgan fingerprint density at radius 2 is 1.82 bits per heavy atom. The van der Waals surface area contributed by atoms with E-state index in [0.717, 1.165) is 27.8 Å². The van der Waals surface area contributed by atoms with Gasteiger partial charge in [-0.1, -0.05) is 24.3 Å². The molecule has 0 N–H and O–H groups in total. The molecule has 3 aromatic heterocycles. The van der Waals surface area contributed by atoms with Crippen LogP contribution in [0, 0.1) is 0 Å². The van der Waals surface area contributed by atoms with Crippen LogP contribution in [0.5, 0.6) is 5.75 Å². The summed E-state index contributed by atoms with van der Waals surface area (Å²) in [6.07, 6.45) is 2.06. The molecule has 2 aromatic carbocycles. The smallest absolute Gasteiger partial charge is 0.283 e. The second-order valence-corrected chi connectivity index (χ2v) is 6.98. The molecule has 8 heteroatoms. The average Bonchev–Trinajstić information content (AvgIpc) is 3.33. The van der Waals surface area contributed by atoms with E-state index in [1.165, 1.54) is 18.1 Å². The van der Waals surface area contributed by atoms with Crippen molar-refractivity contribution in [2.45, 2.75) is 16.7 Å². The van der Waals surface area contributed by atoms with Gasteiger partial charge in [0.15, 0.2) is 10.6 Å². The van der Waals surface area contributed by atoms with Crippen molar-refractivity contribution < 1.29 is 13.6 Å². The van der Waals surface area contributed by atoms with E-state index >= 15 is 0 Å². The Hall–Kier alpha value is -3.39. The normalized spacial score (nSPS) is 11.3. The Balaban J connectivity index is 1.41. The first kappa shape index (κ1) is 16.8. The number of hydrogen-bond donors (Lipinski definition) is 0. The second kappa shape index (κ2) is 6.97. The molecule has 0 amide bonds. The van der Waals surface area contributed by atoms with Crippen molar-refractivity contribution >= 4 is 33.8 Å². The molecular weight excluding hydrogens is 376 g/mol. The summed E-state index contributed by atoms with van der Waals surface area (Å²) in [7, 11) is 1.64. The van der Waals surface area contributed by atoms with Gasteiger partial charge < -0.3 is 13.6 Å². The van der Waals surface area contributed by atoms with Crippen LogP contribution in [-0.2, 0) is 6.42 Å². The van der Waals surface area contributed by atoms with Crippen molar-refractivity contribution in [3.05, 3.63) is 66.3 Å². The SMILES string of the molecule is COc1ccc(Cc2nnc(Sc3ncnc4c3oc3ccccc34)o2)cc1. The van der Waals surface area contributed by atoms with Gasteiger partial charge in [-0.2, -0.15) is 0 Å². The van der Waals surface area contributed by atoms with Crippen LogP contribution in [0.3, 0.4) is 0 Å². The second-order valence-electron chi connectivity index (χ2n) is 6.04. The van der Waals surface area contributed by atoms with Crippen LogP contribution in [0.4, 0.5) is 0 Å². The Kier molecular flexibility index (Phi) is 4.17. The van der Waals surface area contributed by atoms with E-state index in [1.54, 1.807) is 7.11 Å².